The SMILES string of the molecule is CC/C=C1/N=Cc2cc(-c3cccc(C)c3)c(Cl)nc2N1N. The predicted octanol–water partition coefficient (Wildman–Crippen LogP) is 4.07. The number of allylic oxidation sites excluding steroid dienone is 1. The molecule has 0 saturated carbocycles. The Hall–Kier alpha value is -2.17. The molecule has 0 unspecified atom stereocenters. The van der Waals surface area contributed by atoms with Gasteiger partial charge in [0.25, 0.3) is 0 Å². The van der Waals surface area contributed by atoms with Gasteiger partial charge in [-0.2, -0.15) is 0 Å². The van der Waals surface area contributed by atoms with E-state index in [0.717, 1.165) is 23.1 Å². The number of pyridine rings is 1. The van der Waals surface area contributed by atoms with E-state index >= 15 is 0 Å². The summed E-state index contributed by atoms with van der Waals surface area (Å²) in [5.74, 6) is 7.39. The lowest BCUT2D eigenvalue weighted by atomic mass is 10.0. The van der Waals surface area contributed by atoms with Gasteiger partial charge < -0.3 is 0 Å². The molecule has 3 rings (SSSR count). The third kappa shape index (κ3) is 2.63. The van der Waals surface area contributed by atoms with Crippen molar-refractivity contribution in [3.63, 3.8) is 0 Å². The summed E-state index contributed by atoms with van der Waals surface area (Å²) in [5.41, 5.74) is 3.95. The van der Waals surface area contributed by atoms with Gasteiger partial charge >= 0.3 is 0 Å². The van der Waals surface area contributed by atoms with Crippen molar-refractivity contribution in [2.45, 2.75) is 20.3 Å². The molecule has 2 N–H and O–H groups in total. The van der Waals surface area contributed by atoms with Crippen LogP contribution in [0.2, 0.25) is 5.15 Å². The molecule has 0 bridgehead atoms. The fraction of sp³-hybridized carbons (Fsp3) is 0.176. The molecule has 5 heteroatoms. The Morgan fingerprint density at radius 3 is 2.86 bits per heavy atom. The van der Waals surface area contributed by atoms with E-state index < -0.39 is 0 Å². The number of anilines is 1. The summed E-state index contributed by atoms with van der Waals surface area (Å²) in [6, 6.07) is 10.1. The van der Waals surface area contributed by atoms with Crippen LogP contribution >= 0.6 is 11.6 Å². The van der Waals surface area contributed by atoms with Gasteiger partial charge in [0, 0.05) is 17.3 Å². The number of hydrazine groups is 1. The first-order valence-electron chi connectivity index (χ1n) is 7.16. The van der Waals surface area contributed by atoms with E-state index in [9.17, 15) is 0 Å². The number of aryl methyl sites for hydroxylation is 1. The van der Waals surface area contributed by atoms with Gasteiger partial charge in [0.2, 0.25) is 0 Å². The zero-order valence-electron chi connectivity index (χ0n) is 12.5. The summed E-state index contributed by atoms with van der Waals surface area (Å²) in [5, 5.41) is 1.91. The highest BCUT2D eigenvalue weighted by Gasteiger charge is 2.20. The van der Waals surface area contributed by atoms with E-state index in [1.54, 1.807) is 6.21 Å². The molecule has 0 spiro atoms. The molecule has 1 aliphatic heterocycles. The Labute approximate surface area is 134 Å². The van der Waals surface area contributed by atoms with E-state index in [4.69, 9.17) is 17.4 Å². The van der Waals surface area contributed by atoms with Gasteiger partial charge in [-0.3, -0.25) is 0 Å². The normalized spacial score (nSPS) is 15.3. The van der Waals surface area contributed by atoms with Crippen LogP contribution in [0.5, 0.6) is 0 Å². The number of hydrogen-bond donors (Lipinski definition) is 1. The van der Waals surface area contributed by atoms with Gasteiger partial charge in [-0.25, -0.2) is 20.8 Å². The number of fused-ring (bicyclic) bond motifs is 1. The van der Waals surface area contributed by atoms with E-state index in [1.807, 2.05) is 44.2 Å². The predicted molar refractivity (Wildman–Crippen MR) is 92.1 cm³/mol. The monoisotopic (exact) mass is 312 g/mol. The molecule has 4 nitrogen and oxygen atoms in total. The van der Waals surface area contributed by atoms with Crippen LogP contribution in [0.3, 0.4) is 0 Å². The molecule has 0 fully saturated rings. The number of aliphatic imine (C=N–C) groups is 1. The van der Waals surface area contributed by atoms with Crippen LogP contribution in [0, 0.1) is 6.92 Å². The molecular formula is C17H17ClN4. The summed E-state index contributed by atoms with van der Waals surface area (Å²) in [6.45, 7) is 4.08. The minimum absolute atomic E-state index is 0.436. The number of rotatable bonds is 2. The lowest BCUT2D eigenvalue weighted by Crippen LogP contribution is -2.33. The quantitative estimate of drug-likeness (QED) is 0.671. The third-order valence-corrected chi connectivity index (χ3v) is 3.80. The maximum Gasteiger partial charge on any atom is 0.159 e. The van der Waals surface area contributed by atoms with Crippen molar-refractivity contribution >= 4 is 23.6 Å². The van der Waals surface area contributed by atoms with Crippen LogP contribution in [0.15, 0.2) is 47.2 Å². The summed E-state index contributed by atoms with van der Waals surface area (Å²) >= 11 is 6.38. The van der Waals surface area contributed by atoms with Crippen LogP contribution < -0.4 is 10.9 Å². The molecule has 0 saturated heterocycles. The third-order valence-electron chi connectivity index (χ3n) is 3.51. The van der Waals surface area contributed by atoms with Crippen molar-refractivity contribution in [3.05, 3.63) is 58.5 Å². The highest BCUT2D eigenvalue weighted by molar-refractivity contribution is 6.32. The largest absolute Gasteiger partial charge is 0.244 e. The van der Waals surface area contributed by atoms with Crippen molar-refractivity contribution in [1.82, 2.24) is 4.98 Å². The Morgan fingerprint density at radius 1 is 1.32 bits per heavy atom. The molecule has 1 aromatic heterocycles. The standard InChI is InChI=1S/C17H17ClN4/c1-3-5-15-20-10-13-9-14(12-7-4-6-11(2)8-12)16(18)21-17(13)22(15)19/h4-10H,3,19H2,1-2H3/b15-5-. The maximum absolute atomic E-state index is 6.38. The topological polar surface area (TPSA) is 54.5 Å². The van der Waals surface area contributed by atoms with E-state index in [1.165, 1.54) is 10.6 Å². The van der Waals surface area contributed by atoms with Crippen molar-refractivity contribution in [2.24, 2.45) is 10.8 Å². The van der Waals surface area contributed by atoms with Crippen LogP contribution in [0.4, 0.5) is 5.82 Å². The van der Waals surface area contributed by atoms with Crippen LogP contribution in [-0.4, -0.2) is 11.2 Å². The van der Waals surface area contributed by atoms with Gasteiger partial charge in [-0.05, 0) is 31.1 Å². The van der Waals surface area contributed by atoms with Gasteiger partial charge in [-0.15, -0.1) is 0 Å². The second kappa shape index (κ2) is 5.91. The molecule has 2 heterocycles. The lowest BCUT2D eigenvalue weighted by molar-refractivity contribution is 0.920. The van der Waals surface area contributed by atoms with E-state index in [-0.39, 0.29) is 0 Å². The molecular weight excluding hydrogens is 296 g/mol. The minimum atomic E-state index is 0.436. The molecule has 0 radical (unpaired) electrons. The van der Waals surface area contributed by atoms with Crippen LogP contribution in [0.25, 0.3) is 11.1 Å². The lowest BCUT2D eigenvalue weighted by Gasteiger charge is -2.24. The zero-order valence-corrected chi connectivity index (χ0v) is 13.3. The first-order chi connectivity index (χ1) is 10.6. The van der Waals surface area contributed by atoms with Crippen LogP contribution in [-0.2, 0) is 0 Å². The first kappa shape index (κ1) is 14.8. The van der Waals surface area contributed by atoms with Crippen molar-refractivity contribution in [2.75, 3.05) is 5.01 Å². The van der Waals surface area contributed by atoms with Crippen molar-refractivity contribution in [3.8, 4) is 11.1 Å². The van der Waals surface area contributed by atoms with Gasteiger partial charge in [-0.1, -0.05) is 48.4 Å². The molecule has 1 aromatic carbocycles. The Balaban J connectivity index is 2.11. The molecule has 2 aromatic rings. The fourth-order valence-electron chi connectivity index (χ4n) is 2.44. The van der Waals surface area contributed by atoms with E-state index in [0.29, 0.717) is 16.8 Å². The molecule has 112 valence electrons. The zero-order chi connectivity index (χ0) is 15.7. The number of halogens is 1. The maximum atomic E-state index is 6.38. The molecule has 0 amide bonds. The summed E-state index contributed by atoms with van der Waals surface area (Å²) in [4.78, 5) is 8.84. The average Bonchev–Trinajstić information content (AvgIpc) is 2.50. The highest BCUT2D eigenvalue weighted by Crippen LogP contribution is 2.33. The Kier molecular flexibility index (Phi) is 3.96. The molecule has 0 atom stereocenters. The Bertz CT molecular complexity index is 780. The molecule has 22 heavy (non-hydrogen) atoms. The number of benzene rings is 1. The first-order valence-corrected chi connectivity index (χ1v) is 7.54. The second-order valence-corrected chi connectivity index (χ2v) is 5.57. The summed E-state index contributed by atoms with van der Waals surface area (Å²) < 4.78 is 0. The smallest absolute Gasteiger partial charge is 0.159 e. The second-order valence-electron chi connectivity index (χ2n) is 5.21. The number of hydrogen-bond acceptors (Lipinski definition) is 4. The summed E-state index contributed by atoms with van der Waals surface area (Å²) in [7, 11) is 0. The highest BCUT2D eigenvalue weighted by atomic mass is 35.5. The number of nitrogens with zero attached hydrogens (tertiary/aromatic N) is 3. The minimum Gasteiger partial charge on any atom is -0.244 e. The van der Waals surface area contributed by atoms with E-state index in [2.05, 4.69) is 16.0 Å². The average molecular weight is 313 g/mol. The number of aromatic nitrogens is 1. The van der Waals surface area contributed by atoms with Gasteiger partial charge in [0.05, 0.1) is 0 Å². The Morgan fingerprint density at radius 2 is 2.14 bits per heavy atom. The summed E-state index contributed by atoms with van der Waals surface area (Å²) in [6.07, 6.45) is 4.58. The molecule has 0 aliphatic carbocycles. The van der Waals surface area contributed by atoms with Gasteiger partial charge in [0.1, 0.15) is 11.0 Å². The van der Waals surface area contributed by atoms with Crippen molar-refractivity contribution < 1.29 is 0 Å². The van der Waals surface area contributed by atoms with Crippen LogP contribution in [0.1, 0.15) is 24.5 Å². The van der Waals surface area contributed by atoms with Gasteiger partial charge in [0.15, 0.2) is 5.82 Å². The van der Waals surface area contributed by atoms with Crippen molar-refractivity contribution in [1.29, 1.82) is 0 Å². The fourth-order valence-corrected chi connectivity index (χ4v) is 2.68. The number of nitrogens with two attached hydrogens (primary N) is 1. The molecule has 1 aliphatic rings.